The van der Waals surface area contributed by atoms with E-state index in [0.29, 0.717) is 6.54 Å². The number of nitrogens with zero attached hydrogens (tertiary/aromatic N) is 1. The lowest BCUT2D eigenvalue weighted by Gasteiger charge is -2.29. The van der Waals surface area contributed by atoms with Gasteiger partial charge in [-0.3, -0.25) is 4.90 Å². The van der Waals surface area contributed by atoms with Gasteiger partial charge in [-0.25, -0.2) is 8.78 Å². The third kappa shape index (κ3) is 3.68. The van der Waals surface area contributed by atoms with Crippen molar-refractivity contribution in [2.45, 2.75) is 45.8 Å². The summed E-state index contributed by atoms with van der Waals surface area (Å²) >= 11 is 0. The molecule has 1 aliphatic heterocycles. The molecule has 0 bridgehead atoms. The van der Waals surface area contributed by atoms with Crippen LogP contribution in [0.15, 0.2) is 0 Å². The van der Waals surface area contributed by atoms with Crippen molar-refractivity contribution in [2.75, 3.05) is 19.7 Å². The molecule has 90 valence electrons. The first-order chi connectivity index (χ1) is 6.82. The fourth-order valence-corrected chi connectivity index (χ4v) is 1.72. The average molecular weight is 221 g/mol. The summed E-state index contributed by atoms with van der Waals surface area (Å²) in [5, 5.41) is 0. The number of hydrogen-bond acceptors (Lipinski definition) is 2. The van der Waals surface area contributed by atoms with Crippen LogP contribution < -0.4 is 0 Å². The summed E-state index contributed by atoms with van der Waals surface area (Å²) < 4.78 is 32.0. The molecule has 0 spiro atoms. The smallest absolute Gasteiger partial charge is 0.283 e. The molecule has 0 aromatic carbocycles. The molecule has 1 saturated heterocycles. The minimum atomic E-state index is -2.71. The first-order valence-electron chi connectivity index (χ1n) is 5.55. The van der Waals surface area contributed by atoms with E-state index in [1.54, 1.807) is 4.90 Å². The molecule has 0 aliphatic carbocycles. The van der Waals surface area contributed by atoms with Gasteiger partial charge in [0.15, 0.2) is 0 Å². The molecule has 1 heterocycles. The molecular weight excluding hydrogens is 200 g/mol. The molecule has 0 N–H and O–H groups in total. The van der Waals surface area contributed by atoms with Gasteiger partial charge < -0.3 is 4.74 Å². The van der Waals surface area contributed by atoms with Crippen molar-refractivity contribution < 1.29 is 13.5 Å². The van der Waals surface area contributed by atoms with Crippen LogP contribution in [-0.2, 0) is 4.74 Å². The highest BCUT2D eigenvalue weighted by molar-refractivity contribution is 4.82. The molecule has 4 heteroatoms. The van der Waals surface area contributed by atoms with Gasteiger partial charge in [-0.2, -0.15) is 0 Å². The lowest BCUT2D eigenvalue weighted by atomic mass is 10.1. The SMILES string of the molecule is CC(C)[C@H]1CN(C(C)C)CC(F)(F)CO1. The largest absolute Gasteiger partial charge is 0.370 e. The fraction of sp³-hybridized carbons (Fsp3) is 1.00. The van der Waals surface area contributed by atoms with E-state index in [-0.39, 0.29) is 24.6 Å². The predicted molar refractivity (Wildman–Crippen MR) is 56.2 cm³/mol. The van der Waals surface area contributed by atoms with E-state index in [9.17, 15) is 8.78 Å². The maximum absolute atomic E-state index is 13.3. The van der Waals surface area contributed by atoms with E-state index >= 15 is 0 Å². The van der Waals surface area contributed by atoms with E-state index in [2.05, 4.69) is 0 Å². The minimum Gasteiger partial charge on any atom is -0.370 e. The molecule has 1 fully saturated rings. The number of rotatable bonds is 2. The van der Waals surface area contributed by atoms with Crippen molar-refractivity contribution in [3.63, 3.8) is 0 Å². The Morgan fingerprint density at radius 3 is 2.33 bits per heavy atom. The zero-order valence-electron chi connectivity index (χ0n) is 9.96. The fourth-order valence-electron chi connectivity index (χ4n) is 1.72. The number of alkyl halides is 2. The number of ether oxygens (including phenoxy) is 1. The first-order valence-corrected chi connectivity index (χ1v) is 5.55. The van der Waals surface area contributed by atoms with Crippen LogP contribution in [0.2, 0.25) is 0 Å². The van der Waals surface area contributed by atoms with Crippen LogP contribution in [0.4, 0.5) is 8.78 Å². The van der Waals surface area contributed by atoms with Gasteiger partial charge in [0.2, 0.25) is 0 Å². The summed E-state index contributed by atoms with van der Waals surface area (Å²) in [7, 11) is 0. The first kappa shape index (κ1) is 12.8. The molecule has 1 rings (SSSR count). The zero-order chi connectivity index (χ0) is 11.6. The van der Waals surface area contributed by atoms with Gasteiger partial charge in [-0.15, -0.1) is 0 Å². The van der Waals surface area contributed by atoms with Crippen molar-refractivity contribution in [3.05, 3.63) is 0 Å². The monoisotopic (exact) mass is 221 g/mol. The molecule has 0 radical (unpaired) electrons. The average Bonchev–Trinajstić information content (AvgIpc) is 2.23. The van der Waals surface area contributed by atoms with Crippen LogP contribution in [0, 0.1) is 5.92 Å². The molecule has 0 aromatic rings. The standard InChI is InChI=1S/C11H21F2NO/c1-8(2)10-5-14(9(3)4)6-11(12,13)7-15-10/h8-10H,5-7H2,1-4H3/t10-/m1/s1. The lowest BCUT2D eigenvalue weighted by Crippen LogP contribution is -2.42. The maximum Gasteiger partial charge on any atom is 0.283 e. The molecule has 15 heavy (non-hydrogen) atoms. The summed E-state index contributed by atoms with van der Waals surface area (Å²) in [5.74, 6) is -2.44. The van der Waals surface area contributed by atoms with Crippen molar-refractivity contribution in [1.82, 2.24) is 4.90 Å². The van der Waals surface area contributed by atoms with Gasteiger partial charge in [0, 0.05) is 12.6 Å². The van der Waals surface area contributed by atoms with Crippen LogP contribution in [0.3, 0.4) is 0 Å². The molecule has 0 unspecified atom stereocenters. The molecule has 0 saturated carbocycles. The van der Waals surface area contributed by atoms with E-state index in [1.807, 2.05) is 27.7 Å². The number of hydrogen-bond donors (Lipinski definition) is 0. The molecule has 0 amide bonds. The summed E-state index contributed by atoms with van der Waals surface area (Å²) in [6, 6.07) is 0.138. The second kappa shape index (κ2) is 4.74. The summed E-state index contributed by atoms with van der Waals surface area (Å²) in [6.07, 6.45) is -0.0826. The van der Waals surface area contributed by atoms with E-state index in [4.69, 9.17) is 4.74 Å². The second-order valence-electron chi connectivity index (χ2n) is 4.97. The normalized spacial score (nSPS) is 28.4. The Bertz CT molecular complexity index is 207. The van der Waals surface area contributed by atoms with Crippen LogP contribution >= 0.6 is 0 Å². The summed E-state index contributed by atoms with van der Waals surface area (Å²) in [5.41, 5.74) is 0. The van der Waals surface area contributed by atoms with Gasteiger partial charge in [-0.05, 0) is 19.8 Å². The Morgan fingerprint density at radius 2 is 1.87 bits per heavy atom. The van der Waals surface area contributed by atoms with Crippen molar-refractivity contribution in [2.24, 2.45) is 5.92 Å². The van der Waals surface area contributed by atoms with Crippen LogP contribution in [0.25, 0.3) is 0 Å². The zero-order valence-corrected chi connectivity index (χ0v) is 9.96. The molecule has 0 aromatic heterocycles. The van der Waals surface area contributed by atoms with Crippen LogP contribution in [0.1, 0.15) is 27.7 Å². The Hall–Kier alpha value is -0.220. The van der Waals surface area contributed by atoms with Crippen molar-refractivity contribution >= 4 is 0 Å². The van der Waals surface area contributed by atoms with Crippen LogP contribution in [0.5, 0.6) is 0 Å². The molecule has 1 aliphatic rings. The maximum atomic E-state index is 13.3. The van der Waals surface area contributed by atoms with Gasteiger partial charge in [0.05, 0.1) is 12.6 Å². The topological polar surface area (TPSA) is 12.5 Å². The third-order valence-corrected chi connectivity index (χ3v) is 2.83. The van der Waals surface area contributed by atoms with Gasteiger partial charge in [0.1, 0.15) is 6.61 Å². The third-order valence-electron chi connectivity index (χ3n) is 2.83. The van der Waals surface area contributed by atoms with Gasteiger partial charge in [0.25, 0.3) is 5.92 Å². The van der Waals surface area contributed by atoms with Gasteiger partial charge >= 0.3 is 0 Å². The van der Waals surface area contributed by atoms with Crippen molar-refractivity contribution in [3.8, 4) is 0 Å². The number of halogens is 2. The van der Waals surface area contributed by atoms with Crippen LogP contribution in [-0.4, -0.2) is 42.7 Å². The summed E-state index contributed by atoms with van der Waals surface area (Å²) in [4.78, 5) is 1.80. The quantitative estimate of drug-likeness (QED) is 0.710. The van der Waals surface area contributed by atoms with E-state index in [0.717, 1.165) is 0 Å². The highest BCUT2D eigenvalue weighted by Gasteiger charge is 2.38. The van der Waals surface area contributed by atoms with Gasteiger partial charge in [-0.1, -0.05) is 13.8 Å². The predicted octanol–water partition coefficient (Wildman–Crippen LogP) is 2.39. The Kier molecular flexibility index (Phi) is 4.06. The highest BCUT2D eigenvalue weighted by Crippen LogP contribution is 2.24. The Balaban J connectivity index is 2.71. The molecule has 2 nitrogen and oxygen atoms in total. The molecular formula is C11H21F2NO. The highest BCUT2D eigenvalue weighted by atomic mass is 19.3. The minimum absolute atomic E-state index is 0.0826. The summed E-state index contributed by atoms with van der Waals surface area (Å²) in [6.45, 7) is 7.87. The van der Waals surface area contributed by atoms with E-state index in [1.165, 1.54) is 0 Å². The lowest BCUT2D eigenvalue weighted by molar-refractivity contribution is -0.0890. The second-order valence-corrected chi connectivity index (χ2v) is 4.97. The van der Waals surface area contributed by atoms with E-state index < -0.39 is 12.5 Å². The molecule has 1 atom stereocenters. The Morgan fingerprint density at radius 1 is 1.27 bits per heavy atom. The Labute approximate surface area is 90.6 Å². The van der Waals surface area contributed by atoms with Crippen molar-refractivity contribution in [1.29, 1.82) is 0 Å².